The van der Waals surface area contributed by atoms with Crippen LogP contribution in [0, 0.1) is 0 Å². The number of unbranched alkanes of at least 4 members (excludes halogenated alkanes) is 1. The molecule has 2 aromatic rings. The molecule has 24 heavy (non-hydrogen) atoms. The highest BCUT2D eigenvalue weighted by molar-refractivity contribution is 6.34. The molecule has 0 aliphatic heterocycles. The zero-order valence-corrected chi connectivity index (χ0v) is 14.2. The molecule has 0 heterocycles. The fraction of sp³-hybridized carbons (Fsp3) is 0.278. The van der Waals surface area contributed by atoms with E-state index in [1.165, 1.54) is 6.07 Å². The van der Waals surface area contributed by atoms with Crippen molar-refractivity contribution in [1.29, 1.82) is 0 Å². The van der Waals surface area contributed by atoms with Gasteiger partial charge in [-0.1, -0.05) is 17.7 Å². The average Bonchev–Trinajstić information content (AvgIpc) is 2.59. The molecule has 0 bridgehead atoms. The van der Waals surface area contributed by atoms with Gasteiger partial charge in [0.1, 0.15) is 11.5 Å². The Morgan fingerprint density at radius 2 is 1.83 bits per heavy atom. The highest BCUT2D eigenvalue weighted by Crippen LogP contribution is 2.26. The van der Waals surface area contributed by atoms with Crippen LogP contribution in [0.4, 0.5) is 5.69 Å². The summed E-state index contributed by atoms with van der Waals surface area (Å²) < 4.78 is 10.7. The number of hydrogen-bond donors (Lipinski definition) is 2. The molecule has 0 aliphatic carbocycles. The second-order valence-electron chi connectivity index (χ2n) is 5.13. The van der Waals surface area contributed by atoms with Crippen molar-refractivity contribution in [1.82, 2.24) is 0 Å². The van der Waals surface area contributed by atoms with E-state index in [2.05, 4.69) is 5.32 Å². The Hall–Kier alpha value is -2.40. The Balaban J connectivity index is 1.72. The van der Waals surface area contributed by atoms with Crippen LogP contribution in [0.2, 0.25) is 5.02 Å². The summed E-state index contributed by atoms with van der Waals surface area (Å²) in [7, 11) is 1.62. The van der Waals surface area contributed by atoms with Crippen LogP contribution in [-0.2, 0) is 0 Å². The van der Waals surface area contributed by atoms with Crippen molar-refractivity contribution in [3.8, 4) is 11.5 Å². The minimum absolute atomic E-state index is 0.178. The molecular formula is C18H20ClNO4. The first-order valence-electron chi connectivity index (χ1n) is 7.64. The van der Waals surface area contributed by atoms with Crippen LogP contribution >= 0.6 is 11.6 Å². The summed E-state index contributed by atoms with van der Waals surface area (Å²) in [6.07, 6.45) is 1.67. The molecule has 0 spiro atoms. The molecule has 6 heteroatoms. The van der Waals surface area contributed by atoms with Crippen LogP contribution in [0.5, 0.6) is 11.5 Å². The van der Waals surface area contributed by atoms with E-state index >= 15 is 0 Å². The first kappa shape index (κ1) is 17.9. The van der Waals surface area contributed by atoms with Crippen molar-refractivity contribution in [2.75, 3.05) is 25.6 Å². The number of aromatic carboxylic acids is 1. The SMILES string of the molecule is COc1ccc(OCCCCNc2c(Cl)cccc2C(=O)O)cc1. The van der Waals surface area contributed by atoms with Gasteiger partial charge in [0.05, 0.1) is 30.0 Å². The summed E-state index contributed by atoms with van der Waals surface area (Å²) in [6, 6.07) is 12.2. The molecule has 0 atom stereocenters. The number of carboxylic acids is 1. The Morgan fingerprint density at radius 3 is 2.50 bits per heavy atom. The lowest BCUT2D eigenvalue weighted by atomic mass is 10.1. The van der Waals surface area contributed by atoms with Crippen LogP contribution in [-0.4, -0.2) is 31.3 Å². The number of nitrogens with one attached hydrogen (secondary N) is 1. The number of para-hydroxylation sites is 1. The monoisotopic (exact) mass is 349 g/mol. The average molecular weight is 350 g/mol. The molecule has 0 amide bonds. The maximum absolute atomic E-state index is 11.2. The van der Waals surface area contributed by atoms with E-state index in [0.29, 0.717) is 23.9 Å². The number of methoxy groups -OCH3 is 1. The molecule has 0 aromatic heterocycles. The van der Waals surface area contributed by atoms with E-state index in [1.54, 1.807) is 19.2 Å². The van der Waals surface area contributed by atoms with Crippen LogP contribution in [0.3, 0.4) is 0 Å². The number of anilines is 1. The van der Waals surface area contributed by atoms with Gasteiger partial charge in [0.15, 0.2) is 0 Å². The van der Waals surface area contributed by atoms with Gasteiger partial charge in [-0.25, -0.2) is 4.79 Å². The van der Waals surface area contributed by atoms with Gasteiger partial charge < -0.3 is 19.9 Å². The molecule has 2 rings (SSSR count). The topological polar surface area (TPSA) is 67.8 Å². The van der Waals surface area contributed by atoms with Crippen LogP contribution in [0.25, 0.3) is 0 Å². The highest BCUT2D eigenvalue weighted by atomic mass is 35.5. The number of benzene rings is 2. The van der Waals surface area contributed by atoms with Crippen molar-refractivity contribution in [2.45, 2.75) is 12.8 Å². The predicted molar refractivity (Wildman–Crippen MR) is 94.6 cm³/mol. The third-order valence-electron chi connectivity index (χ3n) is 3.45. The Kier molecular flexibility index (Phi) is 6.75. The fourth-order valence-corrected chi connectivity index (χ4v) is 2.43. The van der Waals surface area contributed by atoms with Gasteiger partial charge >= 0.3 is 5.97 Å². The summed E-state index contributed by atoms with van der Waals surface area (Å²) in [5, 5.41) is 12.7. The predicted octanol–water partition coefficient (Wildman–Crippen LogP) is 4.32. The third-order valence-corrected chi connectivity index (χ3v) is 3.76. The standard InChI is InChI=1S/C18H20ClNO4/c1-23-13-7-9-14(10-8-13)24-12-3-2-11-20-17-15(18(21)22)5-4-6-16(17)19/h4-10,20H,2-3,11-12H2,1H3,(H,21,22). The second kappa shape index (κ2) is 9.03. The number of carboxylic acid groups (broad SMARTS) is 1. The number of rotatable bonds is 9. The highest BCUT2D eigenvalue weighted by Gasteiger charge is 2.12. The second-order valence-corrected chi connectivity index (χ2v) is 5.53. The zero-order valence-electron chi connectivity index (χ0n) is 13.4. The van der Waals surface area contributed by atoms with Crippen molar-refractivity contribution >= 4 is 23.3 Å². The lowest BCUT2D eigenvalue weighted by Crippen LogP contribution is -2.09. The van der Waals surface area contributed by atoms with Crippen molar-refractivity contribution < 1.29 is 19.4 Å². The van der Waals surface area contributed by atoms with Gasteiger partial charge in [0, 0.05) is 6.54 Å². The number of halogens is 1. The molecule has 0 saturated carbocycles. The van der Waals surface area contributed by atoms with E-state index < -0.39 is 5.97 Å². The van der Waals surface area contributed by atoms with Crippen molar-refractivity contribution in [3.63, 3.8) is 0 Å². The molecule has 2 aromatic carbocycles. The van der Waals surface area contributed by atoms with Crippen LogP contribution in [0.15, 0.2) is 42.5 Å². The molecule has 0 aliphatic rings. The van der Waals surface area contributed by atoms with E-state index in [9.17, 15) is 4.79 Å². The first-order valence-corrected chi connectivity index (χ1v) is 8.02. The summed E-state index contributed by atoms with van der Waals surface area (Å²) in [4.78, 5) is 11.2. The molecule has 0 unspecified atom stereocenters. The molecule has 5 nitrogen and oxygen atoms in total. The van der Waals surface area contributed by atoms with Crippen LogP contribution in [0.1, 0.15) is 23.2 Å². The minimum atomic E-state index is -0.997. The quantitative estimate of drug-likeness (QED) is 0.660. The number of ether oxygens (including phenoxy) is 2. The van der Waals surface area contributed by atoms with Gasteiger partial charge in [0.25, 0.3) is 0 Å². The number of carbonyl (C=O) groups is 1. The lowest BCUT2D eigenvalue weighted by molar-refractivity contribution is 0.0698. The van der Waals surface area contributed by atoms with Crippen LogP contribution < -0.4 is 14.8 Å². The molecule has 0 saturated heterocycles. The van der Waals surface area contributed by atoms with Gasteiger partial charge in [-0.15, -0.1) is 0 Å². The molecule has 0 fully saturated rings. The largest absolute Gasteiger partial charge is 0.497 e. The van der Waals surface area contributed by atoms with Gasteiger partial charge in [-0.3, -0.25) is 0 Å². The summed E-state index contributed by atoms with van der Waals surface area (Å²) in [6.45, 7) is 1.21. The summed E-state index contributed by atoms with van der Waals surface area (Å²) >= 11 is 6.06. The third kappa shape index (κ3) is 5.06. The Labute approximate surface area is 146 Å². The lowest BCUT2D eigenvalue weighted by Gasteiger charge is -2.11. The normalized spacial score (nSPS) is 10.2. The molecular weight excluding hydrogens is 330 g/mol. The molecule has 2 N–H and O–H groups in total. The zero-order chi connectivity index (χ0) is 17.4. The maximum atomic E-state index is 11.2. The molecule has 0 radical (unpaired) electrons. The van der Waals surface area contributed by atoms with E-state index in [4.69, 9.17) is 26.2 Å². The summed E-state index contributed by atoms with van der Waals surface area (Å²) in [5.74, 6) is 0.589. The Morgan fingerprint density at radius 1 is 1.12 bits per heavy atom. The van der Waals surface area contributed by atoms with Gasteiger partial charge in [0.2, 0.25) is 0 Å². The van der Waals surface area contributed by atoms with E-state index in [0.717, 1.165) is 24.3 Å². The fourth-order valence-electron chi connectivity index (χ4n) is 2.18. The maximum Gasteiger partial charge on any atom is 0.337 e. The first-order chi connectivity index (χ1) is 11.6. The Bertz CT molecular complexity index is 673. The van der Waals surface area contributed by atoms with Crippen molar-refractivity contribution in [3.05, 3.63) is 53.1 Å². The number of hydrogen-bond acceptors (Lipinski definition) is 4. The molecule has 128 valence electrons. The van der Waals surface area contributed by atoms with Crippen molar-refractivity contribution in [2.24, 2.45) is 0 Å². The minimum Gasteiger partial charge on any atom is -0.497 e. The smallest absolute Gasteiger partial charge is 0.337 e. The van der Waals surface area contributed by atoms with E-state index in [1.807, 2.05) is 24.3 Å². The van der Waals surface area contributed by atoms with Gasteiger partial charge in [-0.2, -0.15) is 0 Å². The van der Waals surface area contributed by atoms with Gasteiger partial charge in [-0.05, 0) is 49.2 Å². The van der Waals surface area contributed by atoms with E-state index in [-0.39, 0.29) is 5.56 Å². The summed E-state index contributed by atoms with van der Waals surface area (Å²) in [5.41, 5.74) is 0.639.